The molecule has 0 fully saturated rings. The van der Waals surface area contributed by atoms with Gasteiger partial charge in [0.05, 0.1) is 18.2 Å². The summed E-state index contributed by atoms with van der Waals surface area (Å²) >= 11 is 0. The summed E-state index contributed by atoms with van der Waals surface area (Å²) in [6, 6.07) is 12.4. The number of hydrogen-bond acceptors (Lipinski definition) is 7. The second kappa shape index (κ2) is 9.50. The Labute approximate surface area is 167 Å². The molecule has 2 aromatic carbocycles. The summed E-state index contributed by atoms with van der Waals surface area (Å²) < 4.78 is 14.5. The number of carboxylic acid groups (broad SMARTS) is 1. The van der Waals surface area contributed by atoms with Gasteiger partial charge in [-0.25, -0.2) is 19.2 Å². The Kier molecular flexibility index (Phi) is 7.08. The number of carbonyl (C=O) groups is 4. The number of rotatable bonds is 7. The third-order valence-electron chi connectivity index (χ3n) is 3.99. The lowest BCUT2D eigenvalue weighted by Crippen LogP contribution is -2.46. The van der Waals surface area contributed by atoms with Crippen molar-refractivity contribution in [1.29, 1.82) is 0 Å². The van der Waals surface area contributed by atoms with Crippen LogP contribution in [0.15, 0.2) is 48.5 Å². The molecule has 152 valence electrons. The first kappa shape index (κ1) is 21.6. The molecule has 0 aliphatic heterocycles. The van der Waals surface area contributed by atoms with Gasteiger partial charge in [-0.1, -0.05) is 35.4 Å². The van der Waals surface area contributed by atoms with Crippen LogP contribution in [0.1, 0.15) is 31.8 Å². The number of hydrogen-bond donors (Lipinski definition) is 1. The first-order valence-corrected chi connectivity index (χ1v) is 8.59. The molecule has 0 saturated heterocycles. The monoisotopic (exact) mass is 400 g/mol. The number of esters is 3. The van der Waals surface area contributed by atoms with E-state index in [1.54, 1.807) is 24.3 Å². The van der Waals surface area contributed by atoms with Gasteiger partial charge in [-0.05, 0) is 38.1 Å². The molecule has 2 aromatic rings. The molecule has 0 saturated carbocycles. The molecule has 0 radical (unpaired) electrons. The molecule has 0 bridgehead atoms. The molecule has 0 aliphatic rings. The van der Waals surface area contributed by atoms with Crippen molar-refractivity contribution in [3.8, 4) is 0 Å². The number of carbonyl (C=O) groups excluding carboxylic acids is 3. The highest BCUT2D eigenvalue weighted by molar-refractivity contribution is 5.95. The molecule has 0 amide bonds. The highest BCUT2D eigenvalue weighted by Gasteiger charge is 2.41. The largest absolute Gasteiger partial charge is 0.478 e. The molecule has 0 spiro atoms. The molecule has 8 heteroatoms. The van der Waals surface area contributed by atoms with Crippen molar-refractivity contribution in [2.75, 3.05) is 7.11 Å². The number of ether oxygens (including phenoxy) is 3. The summed E-state index contributed by atoms with van der Waals surface area (Å²) in [5.41, 5.74) is 1.95. The van der Waals surface area contributed by atoms with E-state index >= 15 is 0 Å². The molecule has 29 heavy (non-hydrogen) atoms. The van der Waals surface area contributed by atoms with E-state index in [0.717, 1.165) is 18.2 Å². The first-order chi connectivity index (χ1) is 13.7. The van der Waals surface area contributed by atoms with Crippen LogP contribution < -0.4 is 0 Å². The van der Waals surface area contributed by atoms with Crippen molar-refractivity contribution in [3.05, 3.63) is 70.8 Å². The molecule has 2 atom stereocenters. The van der Waals surface area contributed by atoms with E-state index in [1.807, 2.05) is 13.8 Å². The van der Waals surface area contributed by atoms with Gasteiger partial charge in [-0.2, -0.15) is 0 Å². The molecule has 0 aromatic heterocycles. The zero-order valence-electron chi connectivity index (χ0n) is 16.1. The third kappa shape index (κ3) is 5.65. The Balaban J connectivity index is 2.25. The number of benzene rings is 2. The van der Waals surface area contributed by atoms with Crippen LogP contribution in [0.5, 0.6) is 0 Å². The van der Waals surface area contributed by atoms with Gasteiger partial charge in [-0.15, -0.1) is 0 Å². The average molecular weight is 400 g/mol. The smallest absolute Gasteiger partial charge is 0.351 e. The second-order valence-electron chi connectivity index (χ2n) is 6.25. The van der Waals surface area contributed by atoms with E-state index in [1.165, 1.54) is 24.3 Å². The molecule has 8 nitrogen and oxygen atoms in total. The summed E-state index contributed by atoms with van der Waals surface area (Å²) in [6.07, 6.45) is -4.08. The molecular formula is C21H20O8. The number of aliphatic carboxylic acids is 1. The second-order valence-corrected chi connectivity index (χ2v) is 6.25. The number of methoxy groups -OCH3 is 1. The number of carboxylic acids is 1. The van der Waals surface area contributed by atoms with Crippen molar-refractivity contribution >= 4 is 23.9 Å². The Morgan fingerprint density at radius 2 is 1.10 bits per heavy atom. The maximum atomic E-state index is 12.3. The van der Waals surface area contributed by atoms with E-state index in [-0.39, 0.29) is 11.1 Å². The van der Waals surface area contributed by atoms with Crippen molar-refractivity contribution in [2.24, 2.45) is 0 Å². The topological polar surface area (TPSA) is 116 Å². The predicted molar refractivity (Wildman–Crippen MR) is 100 cm³/mol. The van der Waals surface area contributed by atoms with E-state index in [9.17, 15) is 24.3 Å². The highest BCUT2D eigenvalue weighted by atomic mass is 16.6. The van der Waals surface area contributed by atoms with Crippen LogP contribution in [-0.2, 0) is 23.8 Å². The van der Waals surface area contributed by atoms with Gasteiger partial charge >= 0.3 is 23.9 Å². The van der Waals surface area contributed by atoms with Gasteiger partial charge in [0.2, 0.25) is 12.2 Å². The molecule has 0 unspecified atom stereocenters. The molecule has 2 rings (SSSR count). The zero-order chi connectivity index (χ0) is 21.6. The summed E-state index contributed by atoms with van der Waals surface area (Å²) in [4.78, 5) is 48.4. The van der Waals surface area contributed by atoms with Gasteiger partial charge in [0.25, 0.3) is 0 Å². The normalized spacial score (nSPS) is 12.4. The first-order valence-electron chi connectivity index (χ1n) is 8.59. The van der Waals surface area contributed by atoms with Crippen LogP contribution in [-0.4, -0.2) is 48.3 Å². The fourth-order valence-electron chi connectivity index (χ4n) is 2.34. The predicted octanol–water partition coefficient (Wildman–Crippen LogP) is 2.31. The maximum Gasteiger partial charge on any atom is 0.351 e. The van der Waals surface area contributed by atoms with Crippen molar-refractivity contribution < 1.29 is 38.5 Å². The van der Waals surface area contributed by atoms with Crippen molar-refractivity contribution in [2.45, 2.75) is 26.1 Å². The minimum Gasteiger partial charge on any atom is -0.478 e. The zero-order valence-corrected chi connectivity index (χ0v) is 16.1. The van der Waals surface area contributed by atoms with Crippen LogP contribution in [0.3, 0.4) is 0 Å². The van der Waals surface area contributed by atoms with Crippen LogP contribution in [0.25, 0.3) is 0 Å². The Morgan fingerprint density at radius 1 is 0.724 bits per heavy atom. The minimum absolute atomic E-state index is 0.0790. The summed E-state index contributed by atoms with van der Waals surface area (Å²) in [7, 11) is 0.996. The SMILES string of the molecule is COC(=O)[C@@H](OC(=O)c1ccc(C)cc1)[C@H](OC(=O)c1ccc(C)cc1)C(=O)O. The summed E-state index contributed by atoms with van der Waals surface area (Å²) in [5, 5.41) is 9.47. The van der Waals surface area contributed by atoms with E-state index in [2.05, 4.69) is 4.74 Å². The van der Waals surface area contributed by atoms with Crippen molar-refractivity contribution in [1.82, 2.24) is 0 Å². The van der Waals surface area contributed by atoms with E-state index in [4.69, 9.17) is 9.47 Å². The van der Waals surface area contributed by atoms with Gasteiger partial charge in [0, 0.05) is 0 Å². The number of aryl methyl sites for hydroxylation is 2. The van der Waals surface area contributed by atoms with Crippen LogP contribution in [0.4, 0.5) is 0 Å². The molecule has 0 aliphatic carbocycles. The van der Waals surface area contributed by atoms with Gasteiger partial charge in [0.15, 0.2) is 0 Å². The van der Waals surface area contributed by atoms with E-state index in [0.29, 0.717) is 0 Å². The van der Waals surface area contributed by atoms with Crippen LogP contribution >= 0.6 is 0 Å². The Hall–Kier alpha value is -3.68. The molecular weight excluding hydrogens is 380 g/mol. The lowest BCUT2D eigenvalue weighted by atomic mass is 10.1. The van der Waals surface area contributed by atoms with Gasteiger partial charge < -0.3 is 19.3 Å². The lowest BCUT2D eigenvalue weighted by Gasteiger charge is -2.22. The quantitative estimate of drug-likeness (QED) is 0.556. The van der Waals surface area contributed by atoms with Gasteiger partial charge in [0.1, 0.15) is 0 Å². The maximum absolute atomic E-state index is 12.3. The van der Waals surface area contributed by atoms with E-state index < -0.39 is 36.1 Å². The standard InChI is InChI=1S/C21H20O8/c1-12-4-8-14(9-5-12)19(24)28-16(18(22)23)17(21(26)27-3)29-20(25)15-10-6-13(2)7-11-15/h4-11,16-17H,1-3H3,(H,22,23)/t16-,17-/m0/s1. The Morgan fingerprint density at radius 3 is 1.45 bits per heavy atom. The van der Waals surface area contributed by atoms with Gasteiger partial charge in [-0.3, -0.25) is 0 Å². The summed E-state index contributed by atoms with van der Waals surface area (Å²) in [5.74, 6) is -4.79. The average Bonchev–Trinajstić information content (AvgIpc) is 2.70. The van der Waals surface area contributed by atoms with Crippen molar-refractivity contribution in [3.63, 3.8) is 0 Å². The summed E-state index contributed by atoms with van der Waals surface area (Å²) in [6.45, 7) is 3.63. The molecule has 1 N–H and O–H groups in total. The molecule has 0 heterocycles. The fourth-order valence-corrected chi connectivity index (χ4v) is 2.34. The third-order valence-corrected chi connectivity index (χ3v) is 3.99. The van der Waals surface area contributed by atoms with Crippen LogP contribution in [0.2, 0.25) is 0 Å². The lowest BCUT2D eigenvalue weighted by molar-refractivity contribution is -0.168. The van der Waals surface area contributed by atoms with Crippen LogP contribution in [0, 0.1) is 13.8 Å². The minimum atomic E-state index is -2.09. The highest BCUT2D eigenvalue weighted by Crippen LogP contribution is 2.15. The fraction of sp³-hybridized carbons (Fsp3) is 0.238. The Bertz CT molecular complexity index is 899.